The van der Waals surface area contributed by atoms with Crippen LogP contribution in [0.5, 0.6) is 0 Å². The molecule has 2 aromatic carbocycles. The number of halogens is 1. The van der Waals surface area contributed by atoms with E-state index in [1.165, 1.54) is 6.07 Å². The van der Waals surface area contributed by atoms with E-state index in [9.17, 15) is 14.0 Å². The van der Waals surface area contributed by atoms with Gasteiger partial charge in [0.2, 0.25) is 5.91 Å². The Morgan fingerprint density at radius 1 is 1.03 bits per heavy atom. The van der Waals surface area contributed by atoms with Gasteiger partial charge in [0.25, 0.3) is 5.91 Å². The number of aryl methyl sites for hydroxylation is 1. The number of hydrogen-bond donors (Lipinski definition) is 0. The molecule has 1 aromatic heterocycles. The third-order valence-electron chi connectivity index (χ3n) is 6.06. The summed E-state index contributed by atoms with van der Waals surface area (Å²) in [6, 6.07) is 17.3. The van der Waals surface area contributed by atoms with E-state index in [4.69, 9.17) is 0 Å². The van der Waals surface area contributed by atoms with Gasteiger partial charge in [-0.1, -0.05) is 49.7 Å². The highest BCUT2D eigenvalue weighted by Gasteiger charge is 2.35. The van der Waals surface area contributed by atoms with Crippen LogP contribution in [0.2, 0.25) is 0 Å². The third-order valence-corrected chi connectivity index (χ3v) is 6.06. The molecule has 0 bridgehead atoms. The quantitative estimate of drug-likeness (QED) is 0.552. The summed E-state index contributed by atoms with van der Waals surface area (Å²) in [6.07, 6.45) is 1.96. The molecule has 1 atom stereocenters. The first-order valence-corrected chi connectivity index (χ1v) is 11.4. The molecule has 33 heavy (non-hydrogen) atoms. The molecule has 1 aliphatic heterocycles. The maximum Gasteiger partial charge on any atom is 0.254 e. The van der Waals surface area contributed by atoms with Gasteiger partial charge < -0.3 is 14.4 Å². The topological polar surface area (TPSA) is 45.6 Å². The van der Waals surface area contributed by atoms with Crippen LogP contribution < -0.4 is 0 Å². The summed E-state index contributed by atoms with van der Waals surface area (Å²) >= 11 is 0. The highest BCUT2D eigenvalue weighted by atomic mass is 19.1. The number of carbonyl (C=O) groups is 2. The number of hydrogen-bond acceptors (Lipinski definition) is 2. The summed E-state index contributed by atoms with van der Waals surface area (Å²) in [5.74, 6) is -0.491. The smallest absolute Gasteiger partial charge is 0.254 e. The molecule has 0 radical (unpaired) electrons. The Morgan fingerprint density at radius 3 is 2.45 bits per heavy atom. The highest BCUT2D eigenvalue weighted by Crippen LogP contribution is 2.34. The average molecular weight is 448 g/mol. The van der Waals surface area contributed by atoms with E-state index in [2.05, 4.69) is 4.57 Å². The molecule has 5 nitrogen and oxygen atoms in total. The van der Waals surface area contributed by atoms with Crippen molar-refractivity contribution in [3.63, 3.8) is 0 Å². The molecule has 4 rings (SSSR count). The van der Waals surface area contributed by atoms with Crippen molar-refractivity contribution < 1.29 is 14.0 Å². The van der Waals surface area contributed by atoms with E-state index >= 15 is 0 Å². The predicted molar refractivity (Wildman–Crippen MR) is 126 cm³/mol. The van der Waals surface area contributed by atoms with E-state index in [0.29, 0.717) is 30.8 Å². The lowest BCUT2D eigenvalue weighted by molar-refractivity contribution is -0.134. The summed E-state index contributed by atoms with van der Waals surface area (Å²) in [4.78, 5) is 30.2. The van der Waals surface area contributed by atoms with E-state index in [1.54, 1.807) is 40.1 Å². The summed E-state index contributed by atoms with van der Waals surface area (Å²) < 4.78 is 16.9. The fourth-order valence-corrected chi connectivity index (χ4v) is 4.47. The van der Waals surface area contributed by atoms with Crippen molar-refractivity contribution in [2.45, 2.75) is 33.4 Å². The molecule has 0 spiro atoms. The van der Waals surface area contributed by atoms with Crippen molar-refractivity contribution in [3.8, 4) is 0 Å². The molecular formula is C27H30FN3O2. The van der Waals surface area contributed by atoms with Crippen LogP contribution in [-0.4, -0.2) is 45.8 Å². The molecule has 6 heteroatoms. The molecule has 2 amide bonds. The molecule has 172 valence electrons. The first-order valence-electron chi connectivity index (χ1n) is 11.4. The van der Waals surface area contributed by atoms with E-state index in [-0.39, 0.29) is 30.1 Å². The number of benzene rings is 2. The van der Waals surface area contributed by atoms with Gasteiger partial charge in [-0.15, -0.1) is 0 Å². The molecule has 0 aliphatic carbocycles. The molecule has 2 heterocycles. The molecule has 0 fully saturated rings. The molecule has 0 saturated heterocycles. The van der Waals surface area contributed by atoms with Crippen molar-refractivity contribution in [1.29, 1.82) is 0 Å². The van der Waals surface area contributed by atoms with E-state index < -0.39 is 6.04 Å². The maximum absolute atomic E-state index is 14.8. The molecule has 1 unspecified atom stereocenters. The number of rotatable bonds is 6. The second-order valence-corrected chi connectivity index (χ2v) is 9.08. The lowest BCUT2D eigenvalue weighted by atomic mass is 9.99. The normalized spacial score (nSPS) is 15.4. The van der Waals surface area contributed by atoms with Crippen LogP contribution in [0.4, 0.5) is 4.39 Å². The van der Waals surface area contributed by atoms with E-state index in [1.807, 2.05) is 51.2 Å². The number of aromatic nitrogens is 1. The Kier molecular flexibility index (Phi) is 6.63. The zero-order chi connectivity index (χ0) is 23.5. The van der Waals surface area contributed by atoms with E-state index in [0.717, 1.165) is 11.3 Å². The fourth-order valence-electron chi connectivity index (χ4n) is 4.47. The minimum atomic E-state index is -0.530. The SMILES string of the molecule is Cc1ccc(C(=O)N(CC(=O)N2CCn3cccc3C2c2ccccc2F)CC(C)C)cc1. The van der Waals surface area contributed by atoms with Crippen molar-refractivity contribution in [3.05, 3.63) is 95.1 Å². The highest BCUT2D eigenvalue weighted by molar-refractivity contribution is 5.96. The van der Waals surface area contributed by atoms with Gasteiger partial charge in [0.1, 0.15) is 18.4 Å². The number of amides is 2. The second kappa shape index (κ2) is 9.61. The molecule has 0 saturated carbocycles. The fraction of sp³-hybridized carbons (Fsp3) is 0.333. The Labute approximate surface area is 194 Å². The number of fused-ring (bicyclic) bond motifs is 1. The van der Waals surface area contributed by atoms with Crippen LogP contribution in [-0.2, 0) is 11.3 Å². The van der Waals surface area contributed by atoms with Crippen LogP contribution >= 0.6 is 0 Å². The van der Waals surface area contributed by atoms with Crippen LogP contribution in [0.15, 0.2) is 66.9 Å². The Hall–Kier alpha value is -3.41. The Balaban J connectivity index is 1.63. The van der Waals surface area contributed by atoms with Crippen LogP contribution in [0.25, 0.3) is 0 Å². The molecule has 1 aliphatic rings. The predicted octanol–water partition coefficient (Wildman–Crippen LogP) is 4.67. The van der Waals surface area contributed by atoms with Crippen molar-refractivity contribution in [1.82, 2.24) is 14.4 Å². The summed E-state index contributed by atoms with van der Waals surface area (Å²) in [6.45, 7) is 7.52. The standard InChI is InChI=1S/C27H30FN3O2/c1-19(2)17-30(27(33)21-12-10-20(3)11-13-21)18-25(32)31-16-15-29-14-6-9-24(29)26(31)22-7-4-5-8-23(22)28/h4-14,19,26H,15-18H2,1-3H3. The van der Waals surface area contributed by atoms with Crippen molar-refractivity contribution in [2.75, 3.05) is 19.6 Å². The van der Waals surface area contributed by atoms with Crippen LogP contribution in [0, 0.1) is 18.7 Å². The number of nitrogens with zero attached hydrogens (tertiary/aromatic N) is 3. The molecular weight excluding hydrogens is 417 g/mol. The van der Waals surface area contributed by atoms with Crippen LogP contribution in [0.1, 0.15) is 47.1 Å². The van der Waals surface area contributed by atoms with Gasteiger partial charge >= 0.3 is 0 Å². The first kappa shape index (κ1) is 22.8. The summed E-state index contributed by atoms with van der Waals surface area (Å²) in [5.41, 5.74) is 2.97. The minimum Gasteiger partial charge on any atom is -0.348 e. The Bertz CT molecular complexity index is 1140. The van der Waals surface area contributed by atoms with Crippen LogP contribution in [0.3, 0.4) is 0 Å². The van der Waals surface area contributed by atoms with Crippen molar-refractivity contribution >= 4 is 11.8 Å². The zero-order valence-electron chi connectivity index (χ0n) is 19.4. The third kappa shape index (κ3) is 4.85. The zero-order valence-corrected chi connectivity index (χ0v) is 19.4. The monoisotopic (exact) mass is 447 g/mol. The van der Waals surface area contributed by atoms with Gasteiger partial charge in [-0.05, 0) is 43.2 Å². The first-order chi connectivity index (χ1) is 15.8. The maximum atomic E-state index is 14.8. The average Bonchev–Trinajstić information content (AvgIpc) is 3.27. The lowest BCUT2D eigenvalue weighted by Crippen LogP contribution is -2.48. The van der Waals surface area contributed by atoms with Gasteiger partial charge in [-0.2, -0.15) is 0 Å². The number of carbonyl (C=O) groups excluding carboxylic acids is 2. The largest absolute Gasteiger partial charge is 0.348 e. The molecule has 3 aromatic rings. The minimum absolute atomic E-state index is 0.0451. The summed E-state index contributed by atoms with van der Waals surface area (Å²) in [5, 5.41) is 0. The lowest BCUT2D eigenvalue weighted by Gasteiger charge is -2.38. The van der Waals surface area contributed by atoms with Gasteiger partial charge in [-0.3, -0.25) is 9.59 Å². The van der Waals surface area contributed by atoms with Crippen molar-refractivity contribution in [2.24, 2.45) is 5.92 Å². The van der Waals surface area contributed by atoms with Gasteiger partial charge in [0, 0.05) is 42.7 Å². The summed E-state index contributed by atoms with van der Waals surface area (Å²) in [7, 11) is 0. The second-order valence-electron chi connectivity index (χ2n) is 9.08. The Morgan fingerprint density at radius 2 is 1.76 bits per heavy atom. The molecule has 0 N–H and O–H groups in total. The van der Waals surface area contributed by atoms with Gasteiger partial charge in [0.05, 0.1) is 0 Å². The van der Waals surface area contributed by atoms with Gasteiger partial charge in [0.15, 0.2) is 0 Å². The van der Waals surface area contributed by atoms with Gasteiger partial charge in [-0.25, -0.2) is 4.39 Å².